The Bertz CT molecular complexity index is 1140. The van der Waals surface area contributed by atoms with Gasteiger partial charge in [-0.25, -0.2) is 4.98 Å². The lowest BCUT2D eigenvalue weighted by atomic mass is 9.86. The summed E-state index contributed by atoms with van der Waals surface area (Å²) < 4.78 is 16.5. The number of methoxy groups -OCH3 is 1. The number of nitrogens with zero attached hydrogens (tertiary/aromatic N) is 3. The van der Waals surface area contributed by atoms with Crippen LogP contribution in [-0.4, -0.2) is 50.6 Å². The molecular formula is C26H33N5O3. The Balaban J connectivity index is 1.13. The molecule has 8 nitrogen and oxygen atoms in total. The average Bonchev–Trinajstić information content (AvgIpc) is 3.34. The Hall–Kier alpha value is -3.26. The predicted octanol–water partition coefficient (Wildman–Crippen LogP) is 4.19. The summed E-state index contributed by atoms with van der Waals surface area (Å²) >= 11 is 0. The summed E-state index contributed by atoms with van der Waals surface area (Å²) in [6.07, 6.45) is 4.69. The molecule has 2 heterocycles. The molecule has 180 valence electrons. The molecular weight excluding hydrogens is 430 g/mol. The Morgan fingerprint density at radius 1 is 1.06 bits per heavy atom. The van der Waals surface area contributed by atoms with E-state index in [0.29, 0.717) is 23.7 Å². The molecule has 0 radical (unpaired) electrons. The van der Waals surface area contributed by atoms with Gasteiger partial charge in [0.2, 0.25) is 18.5 Å². The molecule has 1 aliphatic carbocycles. The number of rotatable bonds is 8. The summed E-state index contributed by atoms with van der Waals surface area (Å²) in [6.45, 7) is 1.94. The molecule has 8 heteroatoms. The summed E-state index contributed by atoms with van der Waals surface area (Å²) in [5.41, 5.74) is 2.12. The van der Waals surface area contributed by atoms with E-state index in [1.165, 1.54) is 12.8 Å². The fourth-order valence-electron chi connectivity index (χ4n) is 4.83. The van der Waals surface area contributed by atoms with Crippen LogP contribution in [0.1, 0.15) is 31.2 Å². The maximum absolute atomic E-state index is 5.55. The topological polar surface area (TPSA) is 80.8 Å². The van der Waals surface area contributed by atoms with Crippen LogP contribution in [0.3, 0.4) is 0 Å². The number of fused-ring (bicyclic) bond motifs is 2. The molecule has 2 aliphatic rings. The van der Waals surface area contributed by atoms with Crippen LogP contribution in [0, 0.1) is 5.92 Å². The minimum atomic E-state index is 0.251. The van der Waals surface area contributed by atoms with E-state index in [2.05, 4.69) is 16.7 Å². The van der Waals surface area contributed by atoms with Crippen molar-refractivity contribution in [3.05, 3.63) is 42.0 Å². The van der Waals surface area contributed by atoms with Crippen LogP contribution in [0.4, 0.5) is 11.8 Å². The number of ether oxygens (including phenoxy) is 3. The molecule has 1 saturated carbocycles. The maximum atomic E-state index is 5.55. The minimum absolute atomic E-state index is 0.251. The van der Waals surface area contributed by atoms with Gasteiger partial charge >= 0.3 is 0 Å². The molecule has 1 aliphatic heterocycles. The molecule has 0 atom stereocenters. The van der Waals surface area contributed by atoms with Crippen LogP contribution in [-0.2, 0) is 6.54 Å². The van der Waals surface area contributed by atoms with Gasteiger partial charge in [0.1, 0.15) is 5.82 Å². The summed E-state index contributed by atoms with van der Waals surface area (Å²) in [4.78, 5) is 11.5. The molecule has 2 aromatic carbocycles. The van der Waals surface area contributed by atoms with Gasteiger partial charge in [-0.1, -0.05) is 12.1 Å². The number of para-hydroxylation sites is 1. The second-order valence-electron chi connectivity index (χ2n) is 9.29. The van der Waals surface area contributed by atoms with Crippen molar-refractivity contribution in [2.75, 3.05) is 44.8 Å². The standard InChI is InChI=1S/C26H33N5O3/c1-31(2)25-20-6-4-5-7-21(20)29-26(30-25)28-14-17-8-10-19(11-9-17)27-15-18-12-22(32-3)24-23(13-18)33-16-34-24/h4-7,12-13,17,19,27H,8-11,14-16H2,1-3H3,(H,28,29,30)/t17-,19+. The van der Waals surface area contributed by atoms with Crippen molar-refractivity contribution >= 4 is 22.7 Å². The molecule has 0 unspecified atom stereocenters. The number of hydrogen-bond acceptors (Lipinski definition) is 8. The molecule has 1 aromatic heterocycles. The van der Waals surface area contributed by atoms with Crippen LogP contribution < -0.4 is 29.7 Å². The minimum Gasteiger partial charge on any atom is -0.493 e. The molecule has 34 heavy (non-hydrogen) atoms. The summed E-state index contributed by atoms with van der Waals surface area (Å²) in [5, 5.41) is 8.29. The first-order chi connectivity index (χ1) is 16.6. The smallest absolute Gasteiger partial charge is 0.231 e. The van der Waals surface area contributed by atoms with Crippen molar-refractivity contribution in [1.82, 2.24) is 15.3 Å². The molecule has 1 fully saturated rings. The summed E-state index contributed by atoms with van der Waals surface area (Å²) in [5.74, 6) is 4.48. The first-order valence-electron chi connectivity index (χ1n) is 12.0. The van der Waals surface area contributed by atoms with Crippen LogP contribution in [0.5, 0.6) is 17.2 Å². The normalized spacial score (nSPS) is 19.3. The number of benzene rings is 2. The highest BCUT2D eigenvalue weighted by Crippen LogP contribution is 2.41. The first kappa shape index (κ1) is 22.5. The van der Waals surface area contributed by atoms with Gasteiger partial charge in [0.25, 0.3) is 0 Å². The van der Waals surface area contributed by atoms with Crippen LogP contribution in [0.2, 0.25) is 0 Å². The predicted molar refractivity (Wildman–Crippen MR) is 134 cm³/mol. The van der Waals surface area contributed by atoms with Gasteiger partial charge < -0.3 is 29.7 Å². The lowest BCUT2D eigenvalue weighted by molar-refractivity contribution is 0.171. The van der Waals surface area contributed by atoms with E-state index in [9.17, 15) is 0 Å². The molecule has 0 spiro atoms. The van der Waals surface area contributed by atoms with E-state index in [1.54, 1.807) is 7.11 Å². The lowest BCUT2D eigenvalue weighted by Crippen LogP contribution is -2.34. The second kappa shape index (κ2) is 9.93. The monoisotopic (exact) mass is 463 g/mol. The lowest BCUT2D eigenvalue weighted by Gasteiger charge is -2.29. The van der Waals surface area contributed by atoms with Crippen molar-refractivity contribution in [3.63, 3.8) is 0 Å². The third-order valence-corrected chi connectivity index (χ3v) is 6.72. The Morgan fingerprint density at radius 3 is 2.68 bits per heavy atom. The van der Waals surface area contributed by atoms with Gasteiger partial charge in [-0.15, -0.1) is 0 Å². The highest BCUT2D eigenvalue weighted by atomic mass is 16.7. The highest BCUT2D eigenvalue weighted by molar-refractivity contribution is 5.90. The molecule has 0 saturated heterocycles. The molecule has 0 bridgehead atoms. The fraction of sp³-hybridized carbons (Fsp3) is 0.462. The number of nitrogens with one attached hydrogen (secondary N) is 2. The Morgan fingerprint density at radius 2 is 1.88 bits per heavy atom. The van der Waals surface area contributed by atoms with Gasteiger partial charge in [0.05, 0.1) is 12.6 Å². The quantitative estimate of drug-likeness (QED) is 0.515. The third kappa shape index (κ3) is 4.82. The summed E-state index contributed by atoms with van der Waals surface area (Å²) in [7, 11) is 5.70. The molecule has 3 aromatic rings. The van der Waals surface area contributed by atoms with Crippen molar-refractivity contribution < 1.29 is 14.2 Å². The van der Waals surface area contributed by atoms with Crippen molar-refractivity contribution in [2.45, 2.75) is 38.3 Å². The van der Waals surface area contributed by atoms with Crippen LogP contribution in [0.15, 0.2) is 36.4 Å². The zero-order valence-electron chi connectivity index (χ0n) is 20.1. The molecule has 5 rings (SSSR count). The van der Waals surface area contributed by atoms with E-state index in [4.69, 9.17) is 24.2 Å². The van der Waals surface area contributed by atoms with Crippen LogP contribution in [0.25, 0.3) is 10.9 Å². The van der Waals surface area contributed by atoms with E-state index in [0.717, 1.165) is 59.7 Å². The van der Waals surface area contributed by atoms with Gasteiger partial charge in [0, 0.05) is 38.6 Å². The Kier molecular flexibility index (Phi) is 6.58. The SMILES string of the molecule is COc1cc(CN[C@H]2CC[C@@H](CNc3nc(N(C)C)c4ccccc4n3)CC2)cc2c1OCO2. The average molecular weight is 464 g/mol. The maximum Gasteiger partial charge on any atom is 0.231 e. The number of anilines is 2. The number of aromatic nitrogens is 2. The van der Waals surface area contributed by atoms with E-state index < -0.39 is 0 Å². The third-order valence-electron chi connectivity index (χ3n) is 6.72. The van der Waals surface area contributed by atoms with E-state index in [1.807, 2.05) is 49.3 Å². The Labute approximate surface area is 200 Å². The second-order valence-corrected chi connectivity index (χ2v) is 9.29. The van der Waals surface area contributed by atoms with Gasteiger partial charge in [-0.05, 0) is 61.4 Å². The van der Waals surface area contributed by atoms with Crippen LogP contribution >= 0.6 is 0 Å². The zero-order chi connectivity index (χ0) is 23.5. The van der Waals surface area contributed by atoms with Gasteiger partial charge in [-0.3, -0.25) is 0 Å². The first-order valence-corrected chi connectivity index (χ1v) is 12.0. The fourth-order valence-corrected chi connectivity index (χ4v) is 4.83. The molecule has 2 N–H and O–H groups in total. The van der Waals surface area contributed by atoms with Gasteiger partial charge in [0.15, 0.2) is 11.5 Å². The summed E-state index contributed by atoms with van der Waals surface area (Å²) in [6, 6.07) is 12.8. The van der Waals surface area contributed by atoms with E-state index >= 15 is 0 Å². The van der Waals surface area contributed by atoms with Crippen molar-refractivity contribution in [3.8, 4) is 17.2 Å². The highest BCUT2D eigenvalue weighted by Gasteiger charge is 2.23. The zero-order valence-corrected chi connectivity index (χ0v) is 20.1. The number of hydrogen-bond donors (Lipinski definition) is 2. The van der Waals surface area contributed by atoms with Crippen molar-refractivity contribution in [2.24, 2.45) is 5.92 Å². The van der Waals surface area contributed by atoms with E-state index in [-0.39, 0.29) is 6.79 Å². The van der Waals surface area contributed by atoms with Gasteiger partial charge in [-0.2, -0.15) is 4.98 Å². The van der Waals surface area contributed by atoms with Crippen molar-refractivity contribution in [1.29, 1.82) is 0 Å². The largest absolute Gasteiger partial charge is 0.493 e. The molecule has 0 amide bonds.